The van der Waals surface area contributed by atoms with Gasteiger partial charge in [0, 0.05) is 12.6 Å². The van der Waals surface area contributed by atoms with Gasteiger partial charge in [-0.3, -0.25) is 4.79 Å². The van der Waals surface area contributed by atoms with Gasteiger partial charge in [0.05, 0.1) is 0 Å². The number of alkyl halides is 2. The summed E-state index contributed by atoms with van der Waals surface area (Å²) in [5, 5.41) is 2.16. The molecule has 86 valence electrons. The highest BCUT2D eigenvalue weighted by Gasteiger charge is 2.34. The summed E-state index contributed by atoms with van der Waals surface area (Å²) in [5.74, 6) is -4.80. The van der Waals surface area contributed by atoms with Crippen LogP contribution in [0.2, 0.25) is 0 Å². The Morgan fingerprint density at radius 2 is 2.00 bits per heavy atom. The summed E-state index contributed by atoms with van der Waals surface area (Å²) < 4.78 is 26.0. The van der Waals surface area contributed by atoms with Gasteiger partial charge in [0.25, 0.3) is 5.91 Å². The van der Waals surface area contributed by atoms with Gasteiger partial charge < -0.3 is 5.32 Å². The smallest absolute Gasteiger partial charge is 0.343 e. The molecule has 0 aliphatic heterocycles. The van der Waals surface area contributed by atoms with E-state index in [0.717, 1.165) is 10.5 Å². The van der Waals surface area contributed by atoms with E-state index in [1.54, 1.807) is 24.3 Å². The quantitative estimate of drug-likeness (QED) is 0.907. The number of rotatable bonds is 4. The molecule has 0 saturated heterocycles. The minimum atomic E-state index is -3.49. The highest BCUT2D eigenvalue weighted by Crippen LogP contribution is 2.16. The number of benzene rings is 1. The van der Waals surface area contributed by atoms with Gasteiger partial charge in [-0.2, -0.15) is 8.78 Å². The number of carbonyl (C=O) groups is 1. The third-order valence-electron chi connectivity index (χ3n) is 1.87. The van der Waals surface area contributed by atoms with Crippen LogP contribution >= 0.6 is 15.9 Å². The van der Waals surface area contributed by atoms with Gasteiger partial charge in [-0.25, -0.2) is 0 Å². The molecule has 0 atom stereocenters. The van der Waals surface area contributed by atoms with E-state index in [0.29, 0.717) is 6.08 Å². The monoisotopic (exact) mass is 289 g/mol. The van der Waals surface area contributed by atoms with Gasteiger partial charge in [-0.05, 0) is 10.5 Å². The maximum Gasteiger partial charge on any atom is 0.343 e. The van der Waals surface area contributed by atoms with Crippen molar-refractivity contribution in [3.63, 3.8) is 0 Å². The molecule has 0 unspecified atom stereocenters. The van der Waals surface area contributed by atoms with Crippen molar-refractivity contribution in [2.24, 2.45) is 0 Å². The van der Waals surface area contributed by atoms with Gasteiger partial charge >= 0.3 is 5.92 Å². The highest BCUT2D eigenvalue weighted by molar-refractivity contribution is 9.11. The average Bonchev–Trinajstić information content (AvgIpc) is 2.27. The van der Waals surface area contributed by atoms with Crippen LogP contribution in [-0.2, 0) is 11.3 Å². The Labute approximate surface area is 100 Å². The lowest BCUT2D eigenvalue weighted by Gasteiger charge is -2.11. The molecule has 0 aliphatic carbocycles. The van der Waals surface area contributed by atoms with E-state index in [2.05, 4.69) is 21.2 Å². The fourth-order valence-corrected chi connectivity index (χ4v) is 1.38. The molecule has 0 radical (unpaired) electrons. The first-order chi connectivity index (χ1) is 7.56. The number of amides is 1. The van der Waals surface area contributed by atoms with Crippen molar-refractivity contribution in [3.8, 4) is 0 Å². The van der Waals surface area contributed by atoms with Crippen LogP contribution in [0.25, 0.3) is 0 Å². The summed E-state index contributed by atoms with van der Waals surface area (Å²) in [6.45, 7) is 0.0887. The largest absolute Gasteiger partial charge is 0.346 e. The molecule has 1 aromatic carbocycles. The van der Waals surface area contributed by atoms with Crippen molar-refractivity contribution >= 4 is 21.8 Å². The van der Waals surface area contributed by atoms with Crippen LogP contribution in [0.15, 0.2) is 41.4 Å². The Morgan fingerprint density at radius 3 is 2.56 bits per heavy atom. The zero-order chi connectivity index (χ0) is 12.0. The van der Waals surface area contributed by atoms with Crippen molar-refractivity contribution < 1.29 is 13.6 Å². The van der Waals surface area contributed by atoms with Crippen LogP contribution in [-0.4, -0.2) is 11.8 Å². The van der Waals surface area contributed by atoms with Crippen molar-refractivity contribution in [1.29, 1.82) is 0 Å². The number of hydrogen-bond acceptors (Lipinski definition) is 1. The molecule has 16 heavy (non-hydrogen) atoms. The fraction of sp³-hybridized carbons (Fsp3) is 0.182. The second-order valence-electron chi connectivity index (χ2n) is 3.08. The molecule has 0 heterocycles. The Morgan fingerprint density at radius 1 is 1.38 bits per heavy atom. The lowest BCUT2D eigenvalue weighted by molar-refractivity contribution is -0.139. The molecule has 0 aromatic heterocycles. The maximum atomic E-state index is 13.0. The van der Waals surface area contributed by atoms with Crippen LogP contribution in [0, 0.1) is 0 Å². The van der Waals surface area contributed by atoms with Gasteiger partial charge in [-0.15, -0.1) is 0 Å². The maximum absolute atomic E-state index is 13.0. The summed E-state index contributed by atoms with van der Waals surface area (Å²) in [4.78, 5) is 12.1. The molecular weight excluding hydrogens is 280 g/mol. The van der Waals surface area contributed by atoms with Crippen LogP contribution < -0.4 is 5.32 Å². The predicted molar refractivity (Wildman–Crippen MR) is 61.3 cm³/mol. The molecule has 0 saturated carbocycles. The molecule has 1 rings (SSSR count). The van der Waals surface area contributed by atoms with Gasteiger partial charge in [0.15, 0.2) is 0 Å². The Balaban J connectivity index is 2.53. The first kappa shape index (κ1) is 12.8. The molecule has 2 nitrogen and oxygen atoms in total. The molecule has 1 N–H and O–H groups in total. The van der Waals surface area contributed by atoms with Gasteiger partial charge in [0.2, 0.25) is 0 Å². The minimum absolute atomic E-state index is 0.0887. The third-order valence-corrected chi connectivity index (χ3v) is 2.14. The topological polar surface area (TPSA) is 29.1 Å². The van der Waals surface area contributed by atoms with E-state index in [9.17, 15) is 13.6 Å². The predicted octanol–water partition coefficient (Wildman–Crippen LogP) is 2.85. The van der Waals surface area contributed by atoms with E-state index in [4.69, 9.17) is 0 Å². The molecule has 0 fully saturated rings. The zero-order valence-electron chi connectivity index (χ0n) is 8.29. The number of halogens is 3. The van der Waals surface area contributed by atoms with Crippen molar-refractivity contribution in [2.75, 3.05) is 0 Å². The molecule has 1 amide bonds. The number of carbonyl (C=O) groups excluding carboxylic acids is 1. The van der Waals surface area contributed by atoms with Crippen molar-refractivity contribution in [3.05, 3.63) is 47.0 Å². The first-order valence-electron chi connectivity index (χ1n) is 4.54. The molecule has 0 aliphatic rings. The van der Waals surface area contributed by atoms with Crippen molar-refractivity contribution in [2.45, 2.75) is 12.5 Å². The second kappa shape index (κ2) is 5.75. The van der Waals surface area contributed by atoms with E-state index >= 15 is 0 Å². The van der Waals surface area contributed by atoms with Crippen LogP contribution in [0.4, 0.5) is 8.78 Å². The molecule has 0 spiro atoms. The van der Waals surface area contributed by atoms with Crippen LogP contribution in [0.1, 0.15) is 5.56 Å². The Bertz CT molecular complexity index is 379. The zero-order valence-corrected chi connectivity index (χ0v) is 9.88. The lowest BCUT2D eigenvalue weighted by Crippen LogP contribution is -2.38. The number of nitrogens with one attached hydrogen (secondary N) is 1. The van der Waals surface area contributed by atoms with E-state index in [1.165, 1.54) is 0 Å². The van der Waals surface area contributed by atoms with Crippen molar-refractivity contribution in [1.82, 2.24) is 5.32 Å². The Kier molecular flexibility index (Phi) is 4.61. The fourth-order valence-electron chi connectivity index (χ4n) is 1.05. The van der Waals surface area contributed by atoms with Gasteiger partial charge in [0.1, 0.15) is 0 Å². The second-order valence-corrected chi connectivity index (χ2v) is 3.61. The summed E-state index contributed by atoms with van der Waals surface area (Å²) in [7, 11) is 0. The average molecular weight is 290 g/mol. The summed E-state index contributed by atoms with van der Waals surface area (Å²) in [6.07, 6.45) is 0.493. The van der Waals surface area contributed by atoms with Gasteiger partial charge in [-0.1, -0.05) is 46.3 Å². The lowest BCUT2D eigenvalue weighted by atomic mass is 10.2. The summed E-state index contributed by atoms with van der Waals surface area (Å²) >= 11 is 2.71. The Hall–Kier alpha value is -1.23. The number of hydrogen-bond donors (Lipinski definition) is 1. The summed E-state index contributed by atoms with van der Waals surface area (Å²) in [5.41, 5.74) is 0.773. The SMILES string of the molecule is O=C(NCc1ccccc1)C(F)(F)/C=C\Br. The summed E-state index contributed by atoms with van der Waals surface area (Å²) in [6, 6.07) is 8.86. The molecule has 1 aromatic rings. The molecular formula is C11H10BrF2NO. The van der Waals surface area contributed by atoms with E-state index in [-0.39, 0.29) is 6.54 Å². The molecule has 5 heteroatoms. The normalized spacial score (nSPS) is 11.7. The van der Waals surface area contributed by atoms with E-state index < -0.39 is 11.8 Å². The molecule has 0 bridgehead atoms. The van der Waals surface area contributed by atoms with Crippen LogP contribution in [0.3, 0.4) is 0 Å². The third kappa shape index (κ3) is 3.73. The minimum Gasteiger partial charge on any atom is -0.346 e. The van der Waals surface area contributed by atoms with Crippen LogP contribution in [0.5, 0.6) is 0 Å². The first-order valence-corrected chi connectivity index (χ1v) is 5.46. The van der Waals surface area contributed by atoms with E-state index in [1.807, 2.05) is 6.07 Å². The highest BCUT2D eigenvalue weighted by atomic mass is 79.9. The standard InChI is InChI=1S/C11H10BrF2NO/c12-7-6-11(13,14)10(16)15-8-9-4-2-1-3-5-9/h1-7H,8H2,(H,15,16)/b7-6-.